The minimum absolute atomic E-state index is 0.0270. The molecule has 0 radical (unpaired) electrons. The van der Waals surface area contributed by atoms with Gasteiger partial charge >= 0.3 is 0 Å². The van der Waals surface area contributed by atoms with Gasteiger partial charge in [0.1, 0.15) is 24.3 Å². The van der Waals surface area contributed by atoms with E-state index in [0.29, 0.717) is 17.7 Å². The van der Waals surface area contributed by atoms with E-state index in [-0.39, 0.29) is 43.1 Å². The largest absolute Gasteiger partial charge is 0.490 e. The number of rotatable bonds is 8. The third kappa shape index (κ3) is 5.76. The van der Waals surface area contributed by atoms with Crippen LogP contribution in [0.3, 0.4) is 0 Å². The van der Waals surface area contributed by atoms with Gasteiger partial charge in [-0.1, -0.05) is 30.3 Å². The smallest absolute Gasteiger partial charge is 0.151 e. The predicted octanol–water partition coefficient (Wildman–Crippen LogP) is 3.02. The molecule has 1 aliphatic rings. The van der Waals surface area contributed by atoms with Crippen molar-refractivity contribution >= 4 is 25.8 Å². The van der Waals surface area contributed by atoms with Gasteiger partial charge in [-0.15, -0.1) is 0 Å². The molecule has 8 heteroatoms. The average Bonchev–Trinajstić information content (AvgIpc) is 3.02. The minimum Gasteiger partial charge on any atom is -0.490 e. The number of hydrogen-bond donors (Lipinski definition) is 1. The number of sulfone groups is 1. The average molecular weight is 472 g/mol. The highest BCUT2D eigenvalue weighted by Gasteiger charge is 2.33. The highest BCUT2D eigenvalue weighted by Crippen LogP contribution is 2.25. The van der Waals surface area contributed by atoms with Crippen LogP contribution in [0.1, 0.15) is 12.0 Å². The lowest BCUT2D eigenvalue weighted by Crippen LogP contribution is -2.42. The Bertz CT molecular complexity index is 909. The highest BCUT2D eigenvalue weighted by molar-refractivity contribution is 9.10. The van der Waals surface area contributed by atoms with E-state index in [1.807, 2.05) is 23.1 Å². The number of aliphatic hydroxyl groups excluding tert-OH is 1. The summed E-state index contributed by atoms with van der Waals surface area (Å²) in [5.74, 6) is 0.423. The van der Waals surface area contributed by atoms with Crippen molar-refractivity contribution in [2.75, 3.05) is 24.7 Å². The second-order valence-corrected chi connectivity index (χ2v) is 10.1. The number of aliphatic hydroxyl groups is 1. The summed E-state index contributed by atoms with van der Waals surface area (Å²) in [5, 5.41) is 10.5. The van der Waals surface area contributed by atoms with E-state index in [0.717, 1.165) is 4.47 Å². The van der Waals surface area contributed by atoms with Crippen LogP contribution >= 0.6 is 15.9 Å². The summed E-state index contributed by atoms with van der Waals surface area (Å²) in [6.45, 7) is 0.480. The molecule has 3 rings (SSSR count). The molecular weight excluding hydrogens is 449 g/mol. The van der Waals surface area contributed by atoms with Gasteiger partial charge in [-0.25, -0.2) is 12.8 Å². The fraction of sp³-hybridized carbons (Fsp3) is 0.400. The van der Waals surface area contributed by atoms with Gasteiger partial charge in [0.15, 0.2) is 9.84 Å². The first-order valence-corrected chi connectivity index (χ1v) is 11.7. The zero-order chi connectivity index (χ0) is 20.1. The van der Waals surface area contributed by atoms with E-state index >= 15 is 0 Å². The Morgan fingerprint density at radius 2 is 1.93 bits per heavy atom. The number of halogens is 2. The molecule has 1 fully saturated rings. The topological polar surface area (TPSA) is 66.8 Å². The van der Waals surface area contributed by atoms with E-state index in [9.17, 15) is 17.9 Å². The van der Waals surface area contributed by atoms with Gasteiger partial charge < -0.3 is 9.84 Å². The molecule has 5 nitrogen and oxygen atoms in total. The van der Waals surface area contributed by atoms with E-state index in [2.05, 4.69) is 15.9 Å². The monoisotopic (exact) mass is 471 g/mol. The lowest BCUT2D eigenvalue weighted by molar-refractivity contribution is 0.0518. The van der Waals surface area contributed by atoms with Crippen molar-refractivity contribution in [2.24, 2.45) is 0 Å². The maximum Gasteiger partial charge on any atom is 0.151 e. The molecule has 2 unspecified atom stereocenters. The molecule has 2 aromatic rings. The fourth-order valence-electron chi connectivity index (χ4n) is 3.32. The number of para-hydroxylation sites is 1. The Morgan fingerprint density at radius 1 is 1.21 bits per heavy atom. The molecule has 0 bridgehead atoms. The zero-order valence-electron chi connectivity index (χ0n) is 15.3. The van der Waals surface area contributed by atoms with Crippen LogP contribution in [0.4, 0.5) is 4.39 Å². The summed E-state index contributed by atoms with van der Waals surface area (Å²) in [5.41, 5.74) is 0.478. The van der Waals surface area contributed by atoms with Crippen molar-refractivity contribution in [3.05, 3.63) is 64.4 Å². The lowest BCUT2D eigenvalue weighted by atomic mass is 10.1. The summed E-state index contributed by atoms with van der Waals surface area (Å²) in [4.78, 5) is 1.84. The van der Waals surface area contributed by atoms with Crippen LogP contribution in [-0.4, -0.2) is 55.2 Å². The molecule has 152 valence electrons. The summed E-state index contributed by atoms with van der Waals surface area (Å²) < 4.78 is 44.4. The number of hydrogen-bond acceptors (Lipinski definition) is 5. The van der Waals surface area contributed by atoms with Crippen molar-refractivity contribution in [1.29, 1.82) is 0 Å². The first kappa shape index (κ1) is 21.2. The van der Waals surface area contributed by atoms with Crippen LogP contribution in [-0.2, 0) is 16.4 Å². The molecule has 0 aliphatic carbocycles. The molecule has 1 N–H and O–H groups in total. The standard InChI is InChI=1S/C20H23BrFNO4S/c21-18-6-2-4-8-20(18)27-13-17(24)12-23(16-9-10-28(25,26)14-16)11-15-5-1-3-7-19(15)22/h1-8,16-17,24H,9-14H2. The van der Waals surface area contributed by atoms with Crippen LogP contribution in [0, 0.1) is 5.82 Å². The van der Waals surface area contributed by atoms with Crippen molar-refractivity contribution < 1.29 is 22.7 Å². The third-order valence-electron chi connectivity index (χ3n) is 4.77. The Hall–Kier alpha value is -1.48. The Morgan fingerprint density at radius 3 is 2.61 bits per heavy atom. The Kier molecular flexibility index (Phi) is 7.09. The molecule has 28 heavy (non-hydrogen) atoms. The van der Waals surface area contributed by atoms with Crippen molar-refractivity contribution in [3.63, 3.8) is 0 Å². The lowest BCUT2D eigenvalue weighted by Gasteiger charge is -2.30. The zero-order valence-corrected chi connectivity index (χ0v) is 17.7. The molecule has 1 saturated heterocycles. The third-order valence-corrected chi connectivity index (χ3v) is 7.17. The van der Waals surface area contributed by atoms with Crippen LogP contribution in [0.5, 0.6) is 5.75 Å². The van der Waals surface area contributed by atoms with E-state index in [1.54, 1.807) is 24.3 Å². The van der Waals surface area contributed by atoms with Crippen LogP contribution in [0.2, 0.25) is 0 Å². The first-order chi connectivity index (χ1) is 13.3. The van der Waals surface area contributed by atoms with Gasteiger partial charge in [0, 0.05) is 24.7 Å². The number of ether oxygens (including phenoxy) is 1. The summed E-state index contributed by atoms with van der Waals surface area (Å²) in [6.07, 6.45) is -0.364. The van der Waals surface area contributed by atoms with Crippen molar-refractivity contribution in [1.82, 2.24) is 4.90 Å². The normalized spacial score (nSPS) is 19.6. The molecule has 0 amide bonds. The van der Waals surface area contributed by atoms with E-state index in [4.69, 9.17) is 4.74 Å². The second-order valence-electron chi connectivity index (χ2n) is 6.97. The van der Waals surface area contributed by atoms with Gasteiger partial charge in [0.25, 0.3) is 0 Å². The van der Waals surface area contributed by atoms with Gasteiger partial charge in [-0.2, -0.15) is 0 Å². The summed E-state index contributed by atoms with van der Waals surface area (Å²) in [7, 11) is -3.09. The van der Waals surface area contributed by atoms with Gasteiger partial charge in [0.2, 0.25) is 0 Å². The van der Waals surface area contributed by atoms with E-state index < -0.39 is 15.9 Å². The van der Waals surface area contributed by atoms with Crippen LogP contribution < -0.4 is 4.74 Å². The second kappa shape index (κ2) is 9.35. The predicted molar refractivity (Wildman–Crippen MR) is 110 cm³/mol. The van der Waals surface area contributed by atoms with Gasteiger partial charge in [-0.05, 0) is 40.5 Å². The van der Waals surface area contributed by atoms with Crippen LogP contribution in [0.25, 0.3) is 0 Å². The molecule has 0 aromatic heterocycles. The molecular formula is C20H23BrFNO4S. The quantitative estimate of drug-likeness (QED) is 0.640. The molecule has 2 atom stereocenters. The maximum absolute atomic E-state index is 14.1. The molecule has 2 aromatic carbocycles. The number of nitrogens with zero attached hydrogens (tertiary/aromatic N) is 1. The molecule has 1 aliphatic heterocycles. The van der Waals surface area contributed by atoms with E-state index in [1.165, 1.54) is 6.07 Å². The maximum atomic E-state index is 14.1. The van der Waals surface area contributed by atoms with Gasteiger partial charge in [-0.3, -0.25) is 4.90 Å². The first-order valence-electron chi connectivity index (χ1n) is 9.07. The van der Waals surface area contributed by atoms with Gasteiger partial charge in [0.05, 0.1) is 16.0 Å². The molecule has 1 heterocycles. The van der Waals surface area contributed by atoms with Crippen molar-refractivity contribution in [2.45, 2.75) is 25.1 Å². The highest BCUT2D eigenvalue weighted by atomic mass is 79.9. The minimum atomic E-state index is -3.09. The Balaban J connectivity index is 1.68. The Labute approximate surface area is 173 Å². The molecule has 0 spiro atoms. The fourth-order valence-corrected chi connectivity index (χ4v) is 5.48. The summed E-state index contributed by atoms with van der Waals surface area (Å²) in [6, 6.07) is 13.5. The number of benzene rings is 2. The van der Waals surface area contributed by atoms with Crippen molar-refractivity contribution in [3.8, 4) is 5.75 Å². The SMILES string of the molecule is O=S1(=O)CCC(N(Cc2ccccc2F)CC(O)COc2ccccc2Br)C1. The molecule has 0 saturated carbocycles. The van der Waals surface area contributed by atoms with Crippen LogP contribution in [0.15, 0.2) is 53.0 Å². The summed E-state index contributed by atoms with van der Waals surface area (Å²) >= 11 is 3.39.